The Labute approximate surface area is 129 Å². The number of likely N-dealkylation sites (tertiary alicyclic amines) is 1. The Morgan fingerprint density at radius 2 is 2.05 bits per heavy atom. The molecule has 1 aromatic carbocycles. The number of ether oxygens (including phenoxy) is 1. The molecule has 1 heterocycles. The molecule has 0 aliphatic carbocycles. The van der Waals surface area contributed by atoms with Crippen LogP contribution in [0, 0.1) is 5.92 Å². The molecule has 1 aromatic rings. The lowest BCUT2D eigenvalue weighted by Gasteiger charge is -2.31. The van der Waals surface area contributed by atoms with Gasteiger partial charge in [-0.25, -0.2) is 0 Å². The quantitative estimate of drug-likeness (QED) is 0.792. The second kappa shape index (κ2) is 7.38. The third kappa shape index (κ3) is 4.15. The van der Waals surface area contributed by atoms with E-state index in [0.29, 0.717) is 30.3 Å². The number of hydrogen-bond acceptors (Lipinski definition) is 4. The van der Waals surface area contributed by atoms with Crippen LogP contribution in [0.15, 0.2) is 24.3 Å². The zero-order chi connectivity index (χ0) is 15.2. The molecule has 0 radical (unpaired) electrons. The maximum absolute atomic E-state index is 12.1. The number of amides is 1. The number of piperidine rings is 1. The smallest absolute Gasteiger partial charge is 0.260 e. The molecule has 3 N–H and O–H groups in total. The zero-order valence-electron chi connectivity index (χ0n) is 11.8. The standard InChI is InChI=1S/C15H20N2O3S/c16-15(21)12-3-1-2-4-13(12)20-10-14(19)17-7-5-11(9-18)6-8-17/h1-4,11,18H,5-10H2,(H2,16,21). The number of carbonyl (C=O) groups is 1. The average Bonchev–Trinajstić information content (AvgIpc) is 2.52. The van der Waals surface area contributed by atoms with E-state index < -0.39 is 0 Å². The van der Waals surface area contributed by atoms with Crippen molar-refractivity contribution in [1.29, 1.82) is 0 Å². The molecule has 1 saturated heterocycles. The lowest BCUT2D eigenvalue weighted by atomic mass is 9.98. The van der Waals surface area contributed by atoms with Gasteiger partial charge in [0.05, 0.1) is 5.56 Å². The first-order valence-corrected chi connectivity index (χ1v) is 7.43. The summed E-state index contributed by atoms with van der Waals surface area (Å²) in [6.07, 6.45) is 1.68. The number of nitrogens with zero attached hydrogens (tertiary/aromatic N) is 1. The highest BCUT2D eigenvalue weighted by molar-refractivity contribution is 7.80. The summed E-state index contributed by atoms with van der Waals surface area (Å²) in [7, 11) is 0. The number of hydrogen-bond donors (Lipinski definition) is 2. The minimum absolute atomic E-state index is 0.0244. The number of thiocarbonyl (C=S) groups is 1. The summed E-state index contributed by atoms with van der Waals surface area (Å²) >= 11 is 4.96. The molecule has 1 fully saturated rings. The Morgan fingerprint density at radius 1 is 1.38 bits per heavy atom. The van der Waals surface area contributed by atoms with Crippen molar-refractivity contribution < 1.29 is 14.6 Å². The van der Waals surface area contributed by atoms with E-state index in [1.807, 2.05) is 12.1 Å². The van der Waals surface area contributed by atoms with Gasteiger partial charge in [-0.2, -0.15) is 0 Å². The minimum Gasteiger partial charge on any atom is -0.483 e. The Hall–Kier alpha value is -1.66. The number of carbonyl (C=O) groups excluding carboxylic acids is 1. The van der Waals surface area contributed by atoms with Crippen molar-refractivity contribution in [2.24, 2.45) is 11.7 Å². The van der Waals surface area contributed by atoms with Crippen molar-refractivity contribution in [1.82, 2.24) is 4.90 Å². The molecule has 1 aliphatic heterocycles. The average molecular weight is 308 g/mol. The number of nitrogens with two attached hydrogens (primary N) is 1. The van der Waals surface area contributed by atoms with Crippen LogP contribution >= 0.6 is 12.2 Å². The fourth-order valence-electron chi connectivity index (χ4n) is 2.39. The van der Waals surface area contributed by atoms with Crippen molar-refractivity contribution in [3.63, 3.8) is 0 Å². The van der Waals surface area contributed by atoms with Crippen LogP contribution in [0.4, 0.5) is 0 Å². The highest BCUT2D eigenvalue weighted by Gasteiger charge is 2.22. The van der Waals surface area contributed by atoms with Gasteiger partial charge in [-0.05, 0) is 30.9 Å². The first kappa shape index (κ1) is 15.7. The van der Waals surface area contributed by atoms with Crippen LogP contribution in [-0.2, 0) is 4.79 Å². The van der Waals surface area contributed by atoms with Gasteiger partial charge in [-0.1, -0.05) is 24.4 Å². The highest BCUT2D eigenvalue weighted by Crippen LogP contribution is 2.19. The predicted octanol–water partition coefficient (Wildman–Crippen LogP) is 0.930. The number of rotatable bonds is 5. The van der Waals surface area contributed by atoms with Crippen molar-refractivity contribution in [2.75, 3.05) is 26.3 Å². The number of para-hydroxylation sites is 1. The summed E-state index contributed by atoms with van der Waals surface area (Å²) in [6.45, 7) is 1.51. The van der Waals surface area contributed by atoms with Crippen molar-refractivity contribution in [3.05, 3.63) is 29.8 Å². The van der Waals surface area contributed by atoms with Crippen LogP contribution in [0.1, 0.15) is 18.4 Å². The predicted molar refractivity (Wildman–Crippen MR) is 84.2 cm³/mol. The van der Waals surface area contributed by atoms with Gasteiger partial charge in [0.15, 0.2) is 6.61 Å². The number of benzene rings is 1. The Morgan fingerprint density at radius 3 is 2.67 bits per heavy atom. The molecule has 21 heavy (non-hydrogen) atoms. The first-order valence-electron chi connectivity index (χ1n) is 7.02. The molecule has 0 atom stereocenters. The Balaban J connectivity index is 1.89. The van der Waals surface area contributed by atoms with Crippen LogP contribution in [-0.4, -0.2) is 47.2 Å². The molecule has 114 valence electrons. The van der Waals surface area contributed by atoms with E-state index in [4.69, 9.17) is 27.8 Å². The third-order valence-electron chi connectivity index (χ3n) is 3.73. The second-order valence-corrected chi connectivity index (χ2v) is 5.60. The molecule has 1 aliphatic rings. The first-order chi connectivity index (χ1) is 10.1. The highest BCUT2D eigenvalue weighted by atomic mass is 32.1. The maximum Gasteiger partial charge on any atom is 0.260 e. The second-order valence-electron chi connectivity index (χ2n) is 5.16. The fourth-order valence-corrected chi connectivity index (χ4v) is 2.56. The van der Waals surface area contributed by atoms with E-state index in [1.54, 1.807) is 17.0 Å². The van der Waals surface area contributed by atoms with Crippen LogP contribution in [0.5, 0.6) is 5.75 Å². The molecule has 0 spiro atoms. The monoisotopic (exact) mass is 308 g/mol. The van der Waals surface area contributed by atoms with Gasteiger partial charge in [-0.3, -0.25) is 4.79 Å². The van der Waals surface area contributed by atoms with Crippen molar-refractivity contribution in [3.8, 4) is 5.75 Å². The van der Waals surface area contributed by atoms with Gasteiger partial charge >= 0.3 is 0 Å². The summed E-state index contributed by atoms with van der Waals surface area (Å²) in [5.74, 6) is 0.790. The van der Waals surface area contributed by atoms with Gasteiger partial charge in [0.1, 0.15) is 10.7 Å². The van der Waals surface area contributed by atoms with Gasteiger partial charge < -0.3 is 20.5 Å². The van der Waals surface area contributed by atoms with Crippen LogP contribution in [0.2, 0.25) is 0 Å². The zero-order valence-corrected chi connectivity index (χ0v) is 12.6. The van der Waals surface area contributed by atoms with Gasteiger partial charge in [0.25, 0.3) is 5.91 Å². The minimum atomic E-state index is -0.0517. The Bertz CT molecular complexity index is 513. The fraction of sp³-hybridized carbons (Fsp3) is 0.467. The number of aliphatic hydroxyl groups is 1. The third-order valence-corrected chi connectivity index (χ3v) is 3.95. The van der Waals surface area contributed by atoms with E-state index in [9.17, 15) is 4.79 Å². The summed E-state index contributed by atoms with van der Waals surface area (Å²) in [5, 5.41) is 9.10. The van der Waals surface area contributed by atoms with E-state index >= 15 is 0 Å². The van der Waals surface area contributed by atoms with Crippen molar-refractivity contribution in [2.45, 2.75) is 12.8 Å². The molecule has 1 amide bonds. The van der Waals surface area contributed by atoms with E-state index in [1.165, 1.54) is 0 Å². The molecular weight excluding hydrogens is 288 g/mol. The van der Waals surface area contributed by atoms with Crippen molar-refractivity contribution >= 4 is 23.1 Å². The summed E-state index contributed by atoms with van der Waals surface area (Å²) in [6, 6.07) is 7.16. The van der Waals surface area contributed by atoms with Gasteiger partial charge in [-0.15, -0.1) is 0 Å². The molecule has 0 bridgehead atoms. The topological polar surface area (TPSA) is 75.8 Å². The molecular formula is C15H20N2O3S. The molecule has 0 aromatic heterocycles. The molecule has 0 saturated carbocycles. The molecule has 2 rings (SSSR count). The van der Waals surface area contributed by atoms with Gasteiger partial charge in [0, 0.05) is 19.7 Å². The molecule has 5 nitrogen and oxygen atoms in total. The SMILES string of the molecule is NC(=S)c1ccccc1OCC(=O)N1CCC(CO)CC1. The lowest BCUT2D eigenvalue weighted by Crippen LogP contribution is -2.41. The Kier molecular flexibility index (Phi) is 5.52. The lowest BCUT2D eigenvalue weighted by molar-refractivity contribution is -0.134. The summed E-state index contributed by atoms with van der Waals surface area (Å²) < 4.78 is 5.56. The normalized spacial score (nSPS) is 15.8. The van der Waals surface area contributed by atoms with Crippen LogP contribution < -0.4 is 10.5 Å². The molecule has 0 unspecified atom stereocenters. The molecule has 6 heteroatoms. The van der Waals surface area contributed by atoms with E-state index in [0.717, 1.165) is 12.8 Å². The van der Waals surface area contributed by atoms with Crippen LogP contribution in [0.25, 0.3) is 0 Å². The van der Waals surface area contributed by atoms with E-state index in [-0.39, 0.29) is 24.1 Å². The number of aliphatic hydroxyl groups excluding tert-OH is 1. The largest absolute Gasteiger partial charge is 0.483 e. The van der Waals surface area contributed by atoms with E-state index in [2.05, 4.69) is 0 Å². The van der Waals surface area contributed by atoms with Crippen LogP contribution in [0.3, 0.4) is 0 Å². The van der Waals surface area contributed by atoms with Gasteiger partial charge in [0.2, 0.25) is 0 Å². The summed E-state index contributed by atoms with van der Waals surface area (Å²) in [5.41, 5.74) is 6.26. The maximum atomic E-state index is 12.1. The summed E-state index contributed by atoms with van der Waals surface area (Å²) in [4.78, 5) is 14.1.